The molecule has 1 atom stereocenters. The molecule has 1 unspecified atom stereocenters. The molecule has 0 aliphatic carbocycles. The molecule has 0 saturated carbocycles. The van der Waals surface area contributed by atoms with Crippen LogP contribution < -0.4 is 9.84 Å². The van der Waals surface area contributed by atoms with Crippen molar-refractivity contribution in [3.63, 3.8) is 0 Å². The second kappa shape index (κ2) is 12.6. The van der Waals surface area contributed by atoms with Crippen molar-refractivity contribution in [2.45, 2.75) is 45.3 Å². The van der Waals surface area contributed by atoms with Crippen molar-refractivity contribution >= 4 is 21.4 Å². The molecule has 2 rings (SSSR count). The van der Waals surface area contributed by atoms with E-state index in [1.54, 1.807) is 42.5 Å². The summed E-state index contributed by atoms with van der Waals surface area (Å²) in [6, 6.07) is 11.5. The third kappa shape index (κ3) is 7.61. The molecule has 0 fully saturated rings. The van der Waals surface area contributed by atoms with Crippen LogP contribution in [0.4, 0.5) is 11.4 Å². The Bertz CT molecular complexity index is 985. The summed E-state index contributed by atoms with van der Waals surface area (Å²) in [5.74, 6) is 0. The van der Waals surface area contributed by atoms with Crippen LogP contribution in [0.5, 0.6) is 0 Å². The van der Waals surface area contributed by atoms with Gasteiger partial charge < -0.3 is 12.0 Å². The number of benzene rings is 2. The third-order valence-electron chi connectivity index (χ3n) is 4.72. The normalized spacial score (nSPS) is 12.1. The van der Waals surface area contributed by atoms with Crippen molar-refractivity contribution in [3.8, 4) is 0 Å². The number of nitro groups is 1. The molecule has 0 aliphatic heterocycles. The molecule has 2 aromatic rings. The summed E-state index contributed by atoms with van der Waals surface area (Å²) in [6.45, 7) is 5.67. The van der Waals surface area contributed by atoms with Gasteiger partial charge in [-0.2, -0.15) is 0 Å². The van der Waals surface area contributed by atoms with E-state index in [0.717, 1.165) is 23.5 Å². The molecule has 0 aromatic heterocycles. The van der Waals surface area contributed by atoms with Gasteiger partial charge in [0.25, 0.3) is 5.69 Å². The number of para-hydroxylation sites is 1. The summed E-state index contributed by atoms with van der Waals surface area (Å²) in [7, 11) is -3.74. The van der Waals surface area contributed by atoms with Crippen LogP contribution in [-0.2, 0) is 55.7 Å². The molecule has 167 valence electrons. The van der Waals surface area contributed by atoms with E-state index in [-0.39, 0.29) is 51.4 Å². The number of nitro benzene ring substituents is 1. The topological polar surface area (TPSA) is 113 Å². The van der Waals surface area contributed by atoms with Crippen molar-refractivity contribution in [2.24, 2.45) is 0 Å². The number of hydrazine groups is 1. The minimum Gasteiger partial charge on any atom is -0.388 e. The Morgan fingerprint density at radius 1 is 1.23 bits per heavy atom. The van der Waals surface area contributed by atoms with Gasteiger partial charge in [0.05, 0.1) is 23.0 Å². The average molecular weight is 523 g/mol. The molecule has 0 bridgehead atoms. The summed E-state index contributed by atoms with van der Waals surface area (Å²) < 4.78 is 25.8. The van der Waals surface area contributed by atoms with Crippen LogP contribution in [0.25, 0.3) is 0 Å². The van der Waals surface area contributed by atoms with E-state index in [2.05, 4.69) is 12.3 Å². The third-order valence-corrected chi connectivity index (χ3v) is 5.72. The zero-order valence-electron chi connectivity index (χ0n) is 17.8. The summed E-state index contributed by atoms with van der Waals surface area (Å²) in [4.78, 5) is 11.0. The molecular formula is C21H28N3O5SY-. The maximum Gasteiger partial charge on any atom is 0.274 e. The molecule has 0 amide bonds. The first kappa shape index (κ1) is 27.6. The molecule has 2 N–H and O–H groups in total. The van der Waals surface area contributed by atoms with E-state index in [1.165, 1.54) is 0 Å². The Balaban J connectivity index is 0.00000480. The first-order valence-electron chi connectivity index (χ1n) is 9.75. The average Bonchev–Trinajstić information content (AvgIpc) is 2.70. The van der Waals surface area contributed by atoms with E-state index < -0.39 is 21.1 Å². The molecule has 0 aliphatic rings. The van der Waals surface area contributed by atoms with E-state index in [4.69, 9.17) is 0 Å². The quantitative estimate of drug-likeness (QED) is 0.264. The maximum atomic E-state index is 12.4. The van der Waals surface area contributed by atoms with Gasteiger partial charge in [0, 0.05) is 50.4 Å². The van der Waals surface area contributed by atoms with Crippen LogP contribution in [0, 0.1) is 17.0 Å². The summed E-state index contributed by atoms with van der Waals surface area (Å²) >= 11 is 0. The zero-order valence-corrected chi connectivity index (χ0v) is 21.5. The zero-order chi connectivity index (χ0) is 22.3. The molecule has 31 heavy (non-hydrogen) atoms. The van der Waals surface area contributed by atoms with Crippen molar-refractivity contribution in [1.29, 1.82) is 0 Å². The molecule has 1 radical (unpaired) electrons. The maximum absolute atomic E-state index is 12.4. The molecule has 0 saturated heterocycles. The standard InChI is InChI=1S/C21H28N3O5S.Y/c1-4-6-13-20(25)17-10-8-12-19(14-17)23(30(3,28)29)22-15-18-11-7-9-16(5-2)21(18)24(26)27;/h7-12,14,20,22,25H,2,4-6,13,15H2,1,3H3;/q-1;. The fourth-order valence-corrected chi connectivity index (χ4v) is 4.00. The van der Waals surface area contributed by atoms with Gasteiger partial charge in [0.1, 0.15) is 0 Å². The minimum atomic E-state index is -3.74. The smallest absolute Gasteiger partial charge is 0.274 e. The van der Waals surface area contributed by atoms with E-state index in [0.29, 0.717) is 28.8 Å². The number of nitrogens with one attached hydrogen (secondary N) is 1. The van der Waals surface area contributed by atoms with Gasteiger partial charge >= 0.3 is 0 Å². The van der Waals surface area contributed by atoms with E-state index in [1.807, 2.05) is 6.92 Å². The van der Waals surface area contributed by atoms with Gasteiger partial charge in [0.15, 0.2) is 0 Å². The minimum absolute atomic E-state index is 0. The fraction of sp³-hybridized carbons (Fsp3) is 0.381. The van der Waals surface area contributed by atoms with Gasteiger partial charge in [-0.15, -0.1) is 6.42 Å². The predicted octanol–water partition coefficient (Wildman–Crippen LogP) is 3.66. The fourth-order valence-electron chi connectivity index (χ4n) is 3.20. The Hall–Kier alpha value is -1.39. The molecule has 10 heteroatoms. The number of aliphatic hydroxyl groups excluding tert-OH is 1. The van der Waals surface area contributed by atoms with Gasteiger partial charge in [-0.05, 0) is 24.1 Å². The van der Waals surface area contributed by atoms with Crippen LogP contribution >= 0.6 is 0 Å². The summed E-state index contributed by atoms with van der Waals surface area (Å²) in [5.41, 5.74) is 4.48. The van der Waals surface area contributed by atoms with E-state index >= 15 is 0 Å². The number of sulfonamides is 1. The first-order valence-corrected chi connectivity index (χ1v) is 11.6. The van der Waals surface area contributed by atoms with Crippen LogP contribution in [0.2, 0.25) is 0 Å². The second-order valence-electron chi connectivity index (χ2n) is 7.05. The summed E-state index contributed by atoms with van der Waals surface area (Å²) in [6.07, 6.45) is 2.97. The predicted molar refractivity (Wildman–Crippen MR) is 117 cm³/mol. The second-order valence-corrected chi connectivity index (χ2v) is 8.88. The first-order chi connectivity index (χ1) is 14.2. The number of unbranched alkanes of at least 4 members (excludes halogenated alkanes) is 1. The molecule has 0 heterocycles. The van der Waals surface area contributed by atoms with Crippen LogP contribution in [0.3, 0.4) is 0 Å². The Labute approximate surface area is 209 Å². The molecule has 8 nitrogen and oxygen atoms in total. The largest absolute Gasteiger partial charge is 0.388 e. The Kier molecular flexibility index (Phi) is 11.2. The van der Waals surface area contributed by atoms with Gasteiger partial charge in [-0.25, -0.2) is 18.3 Å². The van der Waals surface area contributed by atoms with Crippen molar-refractivity contribution in [3.05, 3.63) is 76.2 Å². The number of nitrogens with zero attached hydrogens (tertiary/aromatic N) is 2. The number of rotatable bonds is 11. The van der Waals surface area contributed by atoms with Gasteiger partial charge in [-0.1, -0.05) is 50.1 Å². The van der Waals surface area contributed by atoms with Crippen molar-refractivity contribution in [1.82, 2.24) is 5.43 Å². The van der Waals surface area contributed by atoms with Crippen LogP contribution in [0.15, 0.2) is 42.5 Å². The van der Waals surface area contributed by atoms with Crippen molar-refractivity contribution < 1.29 is 51.2 Å². The Morgan fingerprint density at radius 3 is 2.45 bits per heavy atom. The number of hydrogen-bond donors (Lipinski definition) is 2. The number of aliphatic hydroxyl groups is 1. The monoisotopic (exact) mass is 523 g/mol. The Morgan fingerprint density at radius 2 is 1.87 bits per heavy atom. The molecular weight excluding hydrogens is 495 g/mol. The van der Waals surface area contributed by atoms with Gasteiger partial charge in [-0.3, -0.25) is 10.1 Å². The molecule has 0 spiro atoms. The van der Waals surface area contributed by atoms with Gasteiger partial charge in [0.2, 0.25) is 10.0 Å². The van der Waals surface area contributed by atoms with E-state index in [9.17, 15) is 23.6 Å². The van der Waals surface area contributed by atoms with Crippen LogP contribution in [0.1, 0.15) is 49.0 Å². The number of hydrogen-bond acceptors (Lipinski definition) is 6. The number of anilines is 1. The van der Waals surface area contributed by atoms with Crippen LogP contribution in [-0.4, -0.2) is 24.7 Å². The SMILES string of the molecule is [CH2-]Cc1cccc(CNN(c2cccc(C(O)CCCC)c2)S(C)(=O)=O)c1[N+](=O)[O-].[Y]. The van der Waals surface area contributed by atoms with Crippen molar-refractivity contribution in [2.75, 3.05) is 10.7 Å². The summed E-state index contributed by atoms with van der Waals surface area (Å²) in [5, 5.41) is 21.9. The molecule has 2 aromatic carbocycles.